The quantitative estimate of drug-likeness (QED) is 0.239. The molecule has 1 fully saturated rings. The molecular weight excluding hydrogens is 510 g/mol. The molecule has 3 aromatic rings. The second kappa shape index (κ2) is 11.1. The van der Waals surface area contributed by atoms with Crippen LogP contribution in [0.5, 0.6) is 6.01 Å². The van der Waals surface area contributed by atoms with Crippen molar-refractivity contribution in [3.05, 3.63) is 58.8 Å². The number of nitrogens with zero attached hydrogens (tertiary/aromatic N) is 4. The van der Waals surface area contributed by atoms with Crippen LogP contribution in [-0.2, 0) is 4.79 Å². The lowest BCUT2D eigenvalue weighted by molar-refractivity contribution is -0.125. The van der Waals surface area contributed by atoms with Crippen LogP contribution in [0.1, 0.15) is 51.1 Å². The zero-order chi connectivity index (χ0) is 28.3. The zero-order valence-electron chi connectivity index (χ0n) is 22.9. The Bertz CT molecular complexity index is 1470. The lowest BCUT2D eigenvalue weighted by Gasteiger charge is -2.53. The number of fused-ring (bicyclic) bond motifs is 1. The number of aromatic nitrogens is 4. The first kappa shape index (κ1) is 27.4. The summed E-state index contributed by atoms with van der Waals surface area (Å²) in [5.41, 5.74) is 11.7. The van der Waals surface area contributed by atoms with E-state index < -0.39 is 28.8 Å². The Hall–Kier alpha value is -4.19. The highest BCUT2D eigenvalue weighted by molar-refractivity contribution is 6.03. The monoisotopic (exact) mass is 547 g/mol. The molecule has 3 unspecified atom stereocenters. The number of primary amides is 1. The van der Waals surface area contributed by atoms with E-state index in [-0.39, 0.29) is 17.5 Å². The number of hydrogen-bond acceptors (Lipinski definition) is 9. The van der Waals surface area contributed by atoms with E-state index in [1.807, 2.05) is 37.3 Å². The Morgan fingerprint density at radius 1 is 1.20 bits per heavy atom. The number of carbonyl (C=O) groups excluding carboxylic acids is 1. The van der Waals surface area contributed by atoms with Crippen LogP contribution in [0.3, 0.4) is 0 Å². The molecule has 2 aliphatic rings. The lowest BCUT2D eigenvalue weighted by Crippen LogP contribution is -2.66. The van der Waals surface area contributed by atoms with Crippen LogP contribution in [0.2, 0.25) is 0 Å². The van der Waals surface area contributed by atoms with Gasteiger partial charge in [-0.1, -0.05) is 50.6 Å². The number of piperidine rings is 1. The third-order valence-corrected chi connectivity index (χ3v) is 8.47. The molecule has 0 bridgehead atoms. The molecule has 5 rings (SSSR count). The predicted molar refractivity (Wildman–Crippen MR) is 154 cm³/mol. The highest BCUT2D eigenvalue weighted by Crippen LogP contribution is 2.53. The zero-order valence-corrected chi connectivity index (χ0v) is 22.9. The number of nitrogen functional groups attached to an aromatic ring is 1. The van der Waals surface area contributed by atoms with Gasteiger partial charge in [0.05, 0.1) is 12.6 Å². The van der Waals surface area contributed by atoms with Crippen molar-refractivity contribution in [2.75, 3.05) is 25.4 Å². The Morgan fingerprint density at radius 3 is 2.60 bits per heavy atom. The van der Waals surface area contributed by atoms with Crippen molar-refractivity contribution < 1.29 is 9.53 Å². The van der Waals surface area contributed by atoms with Gasteiger partial charge in [0.15, 0.2) is 17.0 Å². The van der Waals surface area contributed by atoms with Gasteiger partial charge in [0.2, 0.25) is 5.91 Å². The number of carbonyl (C=O) groups is 1. The summed E-state index contributed by atoms with van der Waals surface area (Å²) in [6.07, 6.45) is 7.90. The summed E-state index contributed by atoms with van der Waals surface area (Å²) in [4.78, 5) is 43.2. The molecule has 212 valence electrons. The molecule has 0 radical (unpaired) electrons. The van der Waals surface area contributed by atoms with Gasteiger partial charge in [0.25, 0.3) is 0 Å². The van der Waals surface area contributed by atoms with Crippen LogP contribution in [-0.4, -0.2) is 56.9 Å². The van der Waals surface area contributed by atoms with Crippen LogP contribution in [0, 0.1) is 11.3 Å². The molecule has 1 saturated heterocycles. The molecule has 40 heavy (non-hydrogen) atoms. The first-order valence-electron chi connectivity index (χ1n) is 13.8. The molecule has 4 heterocycles. The number of hydrogen-bond donors (Lipinski definition) is 5. The topological polar surface area (TPSA) is 178 Å². The molecule has 1 aromatic carbocycles. The van der Waals surface area contributed by atoms with Crippen LogP contribution < -0.4 is 32.5 Å². The maximum atomic E-state index is 13.9. The molecule has 0 saturated carbocycles. The minimum absolute atomic E-state index is 0.116. The number of aromatic amines is 1. The maximum absolute atomic E-state index is 13.9. The third kappa shape index (κ3) is 4.61. The molecule has 1 amide bonds. The van der Waals surface area contributed by atoms with E-state index in [2.05, 4.69) is 37.5 Å². The smallest absolute Gasteiger partial charge is 0.328 e. The molecule has 2 aromatic heterocycles. The van der Waals surface area contributed by atoms with Crippen LogP contribution in [0.25, 0.3) is 11.2 Å². The van der Waals surface area contributed by atoms with E-state index in [1.165, 1.54) is 0 Å². The average molecular weight is 548 g/mol. The second-order valence-corrected chi connectivity index (χ2v) is 10.6. The molecule has 0 spiro atoms. The summed E-state index contributed by atoms with van der Waals surface area (Å²) >= 11 is 0. The second-order valence-electron chi connectivity index (χ2n) is 10.6. The number of anilines is 1. The fourth-order valence-electron chi connectivity index (χ4n) is 6.28. The van der Waals surface area contributed by atoms with E-state index in [1.54, 1.807) is 23.2 Å². The summed E-state index contributed by atoms with van der Waals surface area (Å²) in [7, 11) is 0. The minimum Gasteiger partial charge on any atom is -0.463 e. The number of H-pyrrole nitrogens is 1. The van der Waals surface area contributed by atoms with Gasteiger partial charge in [-0.25, -0.2) is 4.79 Å². The first-order valence-corrected chi connectivity index (χ1v) is 13.8. The van der Waals surface area contributed by atoms with Crippen molar-refractivity contribution in [2.24, 2.45) is 22.1 Å². The number of rotatable bonds is 10. The van der Waals surface area contributed by atoms with Gasteiger partial charge in [-0.2, -0.15) is 9.97 Å². The van der Waals surface area contributed by atoms with E-state index in [0.717, 1.165) is 18.4 Å². The molecule has 2 aliphatic heterocycles. The van der Waals surface area contributed by atoms with Crippen molar-refractivity contribution in [3.63, 3.8) is 0 Å². The summed E-state index contributed by atoms with van der Waals surface area (Å²) in [5.74, 6) is -0.802. The van der Waals surface area contributed by atoms with Gasteiger partial charge < -0.3 is 31.8 Å². The fourth-order valence-corrected chi connectivity index (χ4v) is 6.28. The number of nitrogens with two attached hydrogens (primary N) is 2. The maximum Gasteiger partial charge on any atom is 0.328 e. The fraction of sp³-hybridized carbons (Fsp3) is 0.464. The van der Waals surface area contributed by atoms with Crippen molar-refractivity contribution in [3.8, 4) is 6.01 Å². The first-order chi connectivity index (χ1) is 19.3. The van der Waals surface area contributed by atoms with Crippen molar-refractivity contribution in [1.29, 1.82) is 0 Å². The van der Waals surface area contributed by atoms with Crippen molar-refractivity contribution in [1.82, 2.24) is 30.2 Å². The highest BCUT2D eigenvalue weighted by Gasteiger charge is 2.56. The van der Waals surface area contributed by atoms with E-state index >= 15 is 0 Å². The SMILES string of the molecule is CCCCOc1nc(N)c2[nH]c(=O)n(C(c3ccccc3)C3(C(C)C4(C(N)=O)C=NC=CN4)CCNCC3)c2n1. The van der Waals surface area contributed by atoms with Gasteiger partial charge in [-0.3, -0.25) is 14.4 Å². The summed E-state index contributed by atoms with van der Waals surface area (Å²) in [5, 5.41) is 6.66. The Labute approximate surface area is 232 Å². The molecule has 7 N–H and O–H groups in total. The van der Waals surface area contributed by atoms with Gasteiger partial charge in [0.1, 0.15) is 5.52 Å². The molecular formula is C28H37N9O3. The van der Waals surface area contributed by atoms with E-state index in [4.69, 9.17) is 16.2 Å². The van der Waals surface area contributed by atoms with Gasteiger partial charge in [-0.15, -0.1) is 0 Å². The van der Waals surface area contributed by atoms with Crippen LogP contribution in [0.15, 0.2) is 52.5 Å². The minimum atomic E-state index is -1.27. The third-order valence-electron chi connectivity index (χ3n) is 8.47. The summed E-state index contributed by atoms with van der Waals surface area (Å²) < 4.78 is 7.46. The standard InChI is InChI=1S/C28H37N9O3/c1-3-4-16-40-25-35-22(29)20-23(36-25)37(26(39)34-20)21(19-8-6-5-7-9-19)27(10-12-31-13-11-27)18(2)28(24(30)38)17-32-14-15-33-28/h5-9,14-15,17-18,21,31,33H,3-4,10-13,16H2,1-2H3,(H2,30,38)(H,34,39)(H2,29,35,36). The van der Waals surface area contributed by atoms with Crippen LogP contribution >= 0.6 is 0 Å². The Kier molecular flexibility index (Phi) is 7.61. The van der Waals surface area contributed by atoms with E-state index in [9.17, 15) is 9.59 Å². The summed E-state index contributed by atoms with van der Waals surface area (Å²) in [6.45, 7) is 5.89. The Balaban J connectivity index is 1.76. The Morgan fingerprint density at radius 2 is 1.95 bits per heavy atom. The largest absolute Gasteiger partial charge is 0.463 e. The normalized spacial score (nSPS) is 21.6. The predicted octanol–water partition coefficient (Wildman–Crippen LogP) is 1.85. The number of imidazole rings is 1. The highest BCUT2D eigenvalue weighted by atomic mass is 16.5. The number of amides is 1. The molecule has 3 atom stereocenters. The van der Waals surface area contributed by atoms with Gasteiger partial charge >= 0.3 is 11.7 Å². The van der Waals surface area contributed by atoms with Gasteiger partial charge in [0, 0.05) is 29.9 Å². The molecule has 0 aliphatic carbocycles. The number of aliphatic imine (C=N–C) groups is 1. The average Bonchev–Trinajstić information content (AvgIpc) is 3.30. The van der Waals surface area contributed by atoms with E-state index in [0.29, 0.717) is 43.7 Å². The van der Waals surface area contributed by atoms with Crippen molar-refractivity contribution >= 4 is 29.1 Å². The number of unbranched alkanes of at least 4 members (excludes halogenated alkanes) is 1. The molecule has 12 heteroatoms. The molecule has 12 nitrogen and oxygen atoms in total. The van der Waals surface area contributed by atoms with Crippen LogP contribution in [0.4, 0.5) is 5.82 Å². The lowest BCUT2D eigenvalue weighted by atomic mass is 9.57. The number of ether oxygens (including phenoxy) is 1. The van der Waals surface area contributed by atoms with Gasteiger partial charge in [-0.05, 0) is 37.9 Å². The number of nitrogens with one attached hydrogen (secondary N) is 3. The van der Waals surface area contributed by atoms with Crippen molar-refractivity contribution in [2.45, 2.75) is 51.1 Å². The number of benzene rings is 1. The summed E-state index contributed by atoms with van der Waals surface area (Å²) in [6, 6.07) is 9.38.